The highest BCUT2D eigenvalue weighted by atomic mass is 32.2. The van der Waals surface area contributed by atoms with Crippen molar-refractivity contribution in [2.24, 2.45) is 0 Å². The van der Waals surface area contributed by atoms with Crippen LogP contribution >= 0.6 is 11.9 Å². The predicted octanol–water partition coefficient (Wildman–Crippen LogP) is 7.42. The zero-order chi connectivity index (χ0) is 25.3. The molecule has 1 aromatic heterocycles. The normalized spacial score (nSPS) is 13.5. The Labute approximate surface area is 209 Å². The van der Waals surface area contributed by atoms with E-state index in [0.29, 0.717) is 12.5 Å². The maximum absolute atomic E-state index is 12.6. The van der Waals surface area contributed by atoms with Crippen LogP contribution in [0.5, 0.6) is 5.75 Å². The van der Waals surface area contributed by atoms with Gasteiger partial charge in [-0.15, -0.1) is 13.2 Å². The quantitative estimate of drug-likeness (QED) is 0.249. The number of nitrogens with zero attached hydrogens (tertiary/aromatic N) is 2. The van der Waals surface area contributed by atoms with Crippen molar-refractivity contribution in [3.8, 4) is 5.75 Å². The van der Waals surface area contributed by atoms with Crippen molar-refractivity contribution < 1.29 is 27.8 Å². The van der Waals surface area contributed by atoms with E-state index in [-0.39, 0.29) is 11.3 Å². The van der Waals surface area contributed by atoms with E-state index in [4.69, 9.17) is 4.98 Å². The summed E-state index contributed by atoms with van der Waals surface area (Å²) in [6.07, 6.45) is -0.784. The van der Waals surface area contributed by atoms with Gasteiger partial charge in [-0.05, 0) is 78.1 Å². The maximum atomic E-state index is 12.6. The summed E-state index contributed by atoms with van der Waals surface area (Å²) >= 11 is 1.41. The summed E-state index contributed by atoms with van der Waals surface area (Å²) in [7, 11) is 0. The molecular formula is C27H21F3N2O3S. The molecule has 4 aromatic rings. The van der Waals surface area contributed by atoms with E-state index in [1.807, 2.05) is 28.7 Å². The number of halogens is 3. The van der Waals surface area contributed by atoms with Crippen LogP contribution in [0.25, 0.3) is 10.8 Å². The Morgan fingerprint density at radius 2 is 1.72 bits per heavy atom. The first-order valence-corrected chi connectivity index (χ1v) is 12.1. The molecule has 5 nitrogen and oxygen atoms in total. The number of hydrogen-bond acceptors (Lipinski definition) is 5. The highest BCUT2D eigenvalue weighted by molar-refractivity contribution is 8.00. The third-order valence-corrected chi connectivity index (χ3v) is 6.85. The summed E-state index contributed by atoms with van der Waals surface area (Å²) in [4.78, 5) is 16.9. The van der Waals surface area contributed by atoms with Crippen LogP contribution in [0.1, 0.15) is 40.2 Å². The summed E-state index contributed by atoms with van der Waals surface area (Å²) in [5.74, 6) is -0.105. The number of hydrogen-bond donors (Lipinski definition) is 1. The van der Waals surface area contributed by atoms with Gasteiger partial charge >= 0.3 is 12.3 Å². The molecule has 0 bridgehead atoms. The van der Waals surface area contributed by atoms with Gasteiger partial charge in [-0.1, -0.05) is 36.4 Å². The lowest BCUT2D eigenvalue weighted by atomic mass is 10.0. The largest absolute Gasteiger partial charge is 0.573 e. The summed E-state index contributed by atoms with van der Waals surface area (Å²) in [5, 5.41) is 11.4. The average Bonchev–Trinajstić information content (AvgIpc) is 3.69. The van der Waals surface area contributed by atoms with Crippen LogP contribution in [-0.2, 0) is 6.54 Å². The van der Waals surface area contributed by atoms with Gasteiger partial charge in [0.2, 0.25) is 0 Å². The van der Waals surface area contributed by atoms with Crippen molar-refractivity contribution in [1.82, 2.24) is 4.98 Å². The SMILES string of the molecule is O=C(O)c1ccc(SN(Cc2ccc(OC(F)(F)F)cc2)c2ncc3ccccc3c2C2CC2)cc1. The number of aromatic carboxylic acids is 1. The molecular weight excluding hydrogens is 489 g/mol. The van der Waals surface area contributed by atoms with Gasteiger partial charge in [-0.2, -0.15) is 0 Å². The molecule has 1 aliphatic rings. The molecule has 1 N–H and O–H groups in total. The minimum atomic E-state index is -4.75. The van der Waals surface area contributed by atoms with Crippen molar-refractivity contribution in [3.63, 3.8) is 0 Å². The van der Waals surface area contributed by atoms with Crippen LogP contribution < -0.4 is 9.04 Å². The molecule has 0 atom stereocenters. The van der Waals surface area contributed by atoms with Crippen molar-refractivity contribution in [2.45, 2.75) is 36.6 Å². The maximum Gasteiger partial charge on any atom is 0.573 e. The Morgan fingerprint density at radius 1 is 1.03 bits per heavy atom. The van der Waals surface area contributed by atoms with Crippen molar-refractivity contribution >= 4 is 34.5 Å². The molecule has 0 amide bonds. The third-order valence-electron chi connectivity index (χ3n) is 5.84. The molecule has 1 saturated carbocycles. The Bertz CT molecular complexity index is 1390. The van der Waals surface area contributed by atoms with Crippen LogP contribution in [0.15, 0.2) is 83.9 Å². The van der Waals surface area contributed by atoms with Gasteiger partial charge in [-0.25, -0.2) is 9.78 Å². The fourth-order valence-electron chi connectivity index (χ4n) is 4.05. The number of anilines is 1. The molecule has 3 aromatic carbocycles. The fraction of sp³-hybridized carbons (Fsp3) is 0.185. The van der Waals surface area contributed by atoms with Gasteiger partial charge < -0.3 is 9.84 Å². The molecule has 0 spiro atoms. The minimum Gasteiger partial charge on any atom is -0.478 e. The van der Waals surface area contributed by atoms with E-state index in [1.165, 1.54) is 24.1 Å². The molecule has 36 heavy (non-hydrogen) atoms. The van der Waals surface area contributed by atoms with Gasteiger partial charge in [0, 0.05) is 22.0 Å². The number of pyridine rings is 1. The van der Waals surface area contributed by atoms with E-state index >= 15 is 0 Å². The van der Waals surface area contributed by atoms with Gasteiger partial charge in [0.25, 0.3) is 0 Å². The average molecular weight is 511 g/mol. The highest BCUT2D eigenvalue weighted by Crippen LogP contribution is 2.48. The zero-order valence-corrected chi connectivity index (χ0v) is 19.7. The predicted molar refractivity (Wildman–Crippen MR) is 132 cm³/mol. The van der Waals surface area contributed by atoms with Crippen molar-refractivity contribution in [3.05, 3.63) is 95.7 Å². The minimum absolute atomic E-state index is 0.189. The number of aromatic nitrogens is 1. The number of carboxylic acids is 1. The van der Waals surface area contributed by atoms with Crippen molar-refractivity contribution in [1.29, 1.82) is 0 Å². The van der Waals surface area contributed by atoms with Gasteiger partial charge in [0.15, 0.2) is 0 Å². The third kappa shape index (κ3) is 5.57. The second-order valence-corrected chi connectivity index (χ2v) is 9.60. The lowest BCUT2D eigenvalue weighted by molar-refractivity contribution is -0.274. The van der Waals surface area contributed by atoms with Gasteiger partial charge in [0.1, 0.15) is 11.6 Å². The molecule has 9 heteroatoms. The number of carbonyl (C=O) groups is 1. The topological polar surface area (TPSA) is 62.7 Å². The van der Waals surface area contributed by atoms with E-state index in [9.17, 15) is 23.1 Å². The highest BCUT2D eigenvalue weighted by Gasteiger charge is 2.32. The Balaban J connectivity index is 1.51. The smallest absolute Gasteiger partial charge is 0.478 e. The summed E-state index contributed by atoms with van der Waals surface area (Å²) < 4.78 is 43.7. The second-order valence-electron chi connectivity index (χ2n) is 8.51. The van der Waals surface area contributed by atoms with E-state index in [2.05, 4.69) is 10.8 Å². The molecule has 1 aliphatic carbocycles. The molecule has 184 valence electrons. The summed E-state index contributed by atoms with van der Waals surface area (Å²) in [6.45, 7) is 0.364. The van der Waals surface area contributed by atoms with E-state index in [0.717, 1.165) is 45.5 Å². The Morgan fingerprint density at radius 3 is 2.36 bits per heavy atom. The molecule has 0 aliphatic heterocycles. The summed E-state index contributed by atoms with van der Waals surface area (Å²) in [5.41, 5.74) is 2.12. The zero-order valence-electron chi connectivity index (χ0n) is 18.9. The first-order valence-electron chi connectivity index (χ1n) is 11.3. The molecule has 0 unspecified atom stereocenters. The molecule has 5 rings (SSSR count). The van der Waals surface area contributed by atoms with Crippen LogP contribution in [0.3, 0.4) is 0 Å². The van der Waals surface area contributed by atoms with Crippen LogP contribution in [0.4, 0.5) is 19.0 Å². The molecule has 1 fully saturated rings. The van der Waals surface area contributed by atoms with E-state index in [1.54, 1.807) is 36.4 Å². The lowest BCUT2D eigenvalue weighted by Gasteiger charge is -2.26. The second kappa shape index (κ2) is 9.73. The van der Waals surface area contributed by atoms with Crippen LogP contribution in [0.2, 0.25) is 0 Å². The Hall–Kier alpha value is -3.72. The standard InChI is InChI=1S/C27H21F3N2O3S/c28-27(29,30)35-21-11-5-17(6-12-21)16-32(36-22-13-9-19(10-14-22)26(33)34)25-24(18-7-8-18)23-4-2-1-3-20(23)15-31-25/h1-6,9-15,18H,7-8,16H2,(H,33,34). The van der Waals surface area contributed by atoms with Gasteiger partial charge in [-0.3, -0.25) is 4.31 Å². The number of ether oxygens (including phenoxy) is 1. The number of rotatable bonds is 8. The monoisotopic (exact) mass is 510 g/mol. The van der Waals surface area contributed by atoms with E-state index < -0.39 is 12.3 Å². The number of alkyl halides is 3. The van der Waals surface area contributed by atoms with Crippen molar-refractivity contribution in [2.75, 3.05) is 4.31 Å². The first-order chi connectivity index (χ1) is 17.3. The number of fused-ring (bicyclic) bond motifs is 1. The molecule has 0 radical (unpaired) electrons. The number of carboxylic acid groups (broad SMARTS) is 1. The molecule has 1 heterocycles. The first kappa shape index (κ1) is 24.0. The Kier molecular flexibility index (Phi) is 6.49. The summed E-state index contributed by atoms with van der Waals surface area (Å²) in [6, 6.07) is 20.4. The number of benzene rings is 3. The van der Waals surface area contributed by atoms with Gasteiger partial charge in [0.05, 0.1) is 12.1 Å². The van der Waals surface area contributed by atoms with Crippen LogP contribution in [-0.4, -0.2) is 22.4 Å². The molecule has 0 saturated heterocycles. The lowest BCUT2D eigenvalue weighted by Crippen LogP contribution is -2.18. The fourth-order valence-corrected chi connectivity index (χ4v) is 5.01. The van der Waals surface area contributed by atoms with Crippen LogP contribution in [0, 0.1) is 0 Å².